The van der Waals surface area contributed by atoms with Crippen LogP contribution in [0.4, 0.5) is 5.82 Å². The summed E-state index contributed by atoms with van der Waals surface area (Å²) in [5.41, 5.74) is 8.43. The van der Waals surface area contributed by atoms with Gasteiger partial charge in [0.2, 0.25) is 0 Å². The maximum atomic E-state index is 5.99. The first-order valence-electron chi connectivity index (χ1n) is 5.70. The van der Waals surface area contributed by atoms with Gasteiger partial charge in [-0.3, -0.25) is 10.1 Å². The second-order valence-corrected chi connectivity index (χ2v) is 3.92. The van der Waals surface area contributed by atoms with E-state index in [0.29, 0.717) is 17.3 Å². The molecule has 0 aromatic carbocycles. The van der Waals surface area contributed by atoms with Crippen molar-refractivity contribution in [1.29, 1.82) is 0 Å². The molecule has 6 nitrogen and oxygen atoms in total. The van der Waals surface area contributed by atoms with Crippen molar-refractivity contribution in [3.63, 3.8) is 0 Å². The summed E-state index contributed by atoms with van der Waals surface area (Å²) in [6.07, 6.45) is 4.21. The van der Waals surface area contributed by atoms with Crippen LogP contribution in [0.2, 0.25) is 0 Å². The first-order valence-corrected chi connectivity index (χ1v) is 5.70. The molecular formula is C12H12N6. The van der Waals surface area contributed by atoms with Crippen molar-refractivity contribution in [2.24, 2.45) is 0 Å². The van der Waals surface area contributed by atoms with Crippen LogP contribution in [-0.4, -0.2) is 25.1 Å². The number of aromatic amines is 1. The lowest BCUT2D eigenvalue weighted by Crippen LogP contribution is -1.98. The van der Waals surface area contributed by atoms with E-state index in [1.54, 1.807) is 12.4 Å². The van der Waals surface area contributed by atoms with E-state index in [9.17, 15) is 0 Å². The van der Waals surface area contributed by atoms with Crippen molar-refractivity contribution in [3.8, 4) is 11.4 Å². The van der Waals surface area contributed by atoms with Crippen molar-refractivity contribution in [1.82, 2.24) is 25.1 Å². The van der Waals surface area contributed by atoms with Crippen molar-refractivity contribution >= 4 is 16.9 Å². The molecule has 18 heavy (non-hydrogen) atoms. The molecule has 0 aliphatic rings. The third-order valence-corrected chi connectivity index (χ3v) is 2.81. The number of pyridine rings is 1. The Morgan fingerprint density at radius 2 is 2.00 bits per heavy atom. The fourth-order valence-electron chi connectivity index (χ4n) is 1.90. The molecule has 3 N–H and O–H groups in total. The summed E-state index contributed by atoms with van der Waals surface area (Å²) in [5, 5.41) is 7.92. The first-order chi connectivity index (χ1) is 8.79. The molecule has 0 aliphatic heterocycles. The Morgan fingerprint density at radius 3 is 2.72 bits per heavy atom. The standard InChI is InChI=1S/C12H12N6/c1-2-8-9-10(13)15-11(16-12(9)18-17-8)7-3-5-14-6-4-7/h3-6H,2H2,1H3,(H3,13,15,16,17,18). The Bertz CT molecular complexity index is 688. The average Bonchev–Trinajstić information content (AvgIpc) is 2.83. The summed E-state index contributed by atoms with van der Waals surface area (Å²) in [7, 11) is 0. The summed E-state index contributed by atoms with van der Waals surface area (Å²) in [4.78, 5) is 12.7. The summed E-state index contributed by atoms with van der Waals surface area (Å²) >= 11 is 0. The Balaban J connectivity index is 2.23. The number of aromatic nitrogens is 5. The van der Waals surface area contributed by atoms with Gasteiger partial charge in [0, 0.05) is 23.7 Å². The molecule has 3 aromatic rings. The molecule has 0 spiro atoms. The number of rotatable bonds is 2. The number of nitrogens with two attached hydrogens (primary N) is 1. The van der Waals surface area contributed by atoms with E-state index in [0.717, 1.165) is 23.1 Å². The third-order valence-electron chi connectivity index (χ3n) is 2.81. The highest BCUT2D eigenvalue weighted by Crippen LogP contribution is 2.24. The highest BCUT2D eigenvalue weighted by molar-refractivity contribution is 5.89. The van der Waals surface area contributed by atoms with Crippen LogP contribution in [0, 0.1) is 0 Å². The maximum absolute atomic E-state index is 5.99. The predicted octanol–water partition coefficient (Wildman–Crippen LogP) is 1.56. The van der Waals surface area contributed by atoms with Gasteiger partial charge in [0.05, 0.1) is 5.39 Å². The topological polar surface area (TPSA) is 93.4 Å². The van der Waals surface area contributed by atoms with Crippen LogP contribution in [0.1, 0.15) is 12.6 Å². The lowest BCUT2D eigenvalue weighted by molar-refractivity contribution is 0.984. The third kappa shape index (κ3) is 1.58. The molecule has 3 heterocycles. The quantitative estimate of drug-likeness (QED) is 0.709. The Kier molecular flexibility index (Phi) is 2.40. The molecule has 0 fully saturated rings. The number of aryl methyl sites for hydroxylation is 1. The second-order valence-electron chi connectivity index (χ2n) is 3.92. The zero-order chi connectivity index (χ0) is 12.5. The fourth-order valence-corrected chi connectivity index (χ4v) is 1.90. The number of hydrogen-bond acceptors (Lipinski definition) is 5. The molecule has 3 rings (SSSR count). The molecule has 0 saturated carbocycles. The number of nitrogens with zero attached hydrogens (tertiary/aromatic N) is 4. The van der Waals surface area contributed by atoms with Crippen LogP contribution in [0.25, 0.3) is 22.4 Å². The number of anilines is 1. The molecule has 0 aliphatic carbocycles. The van der Waals surface area contributed by atoms with Gasteiger partial charge in [-0.2, -0.15) is 5.10 Å². The van der Waals surface area contributed by atoms with E-state index in [-0.39, 0.29) is 0 Å². The Morgan fingerprint density at radius 1 is 1.22 bits per heavy atom. The number of hydrogen-bond donors (Lipinski definition) is 2. The van der Waals surface area contributed by atoms with E-state index in [1.165, 1.54) is 0 Å². The predicted molar refractivity (Wildman–Crippen MR) is 68.7 cm³/mol. The van der Waals surface area contributed by atoms with E-state index in [1.807, 2.05) is 19.1 Å². The van der Waals surface area contributed by atoms with Crippen LogP contribution in [0.3, 0.4) is 0 Å². The number of nitrogen functional groups attached to an aromatic ring is 1. The first kappa shape index (κ1) is 10.6. The van der Waals surface area contributed by atoms with Gasteiger partial charge in [0.25, 0.3) is 0 Å². The highest BCUT2D eigenvalue weighted by atomic mass is 15.2. The summed E-state index contributed by atoms with van der Waals surface area (Å²) in [5.74, 6) is 1.02. The van der Waals surface area contributed by atoms with Crippen LogP contribution in [0.15, 0.2) is 24.5 Å². The molecule has 0 saturated heterocycles. The minimum atomic E-state index is 0.456. The van der Waals surface area contributed by atoms with Gasteiger partial charge in [-0.25, -0.2) is 9.97 Å². The molecule has 6 heteroatoms. The maximum Gasteiger partial charge on any atom is 0.186 e. The van der Waals surface area contributed by atoms with Gasteiger partial charge >= 0.3 is 0 Å². The van der Waals surface area contributed by atoms with Gasteiger partial charge in [-0.15, -0.1) is 0 Å². The normalized spacial score (nSPS) is 10.9. The number of H-pyrrole nitrogens is 1. The lowest BCUT2D eigenvalue weighted by Gasteiger charge is -2.02. The van der Waals surface area contributed by atoms with E-state index >= 15 is 0 Å². The molecule has 0 unspecified atom stereocenters. The monoisotopic (exact) mass is 240 g/mol. The van der Waals surface area contributed by atoms with Gasteiger partial charge in [-0.05, 0) is 18.6 Å². The second kappa shape index (κ2) is 4.06. The van der Waals surface area contributed by atoms with Gasteiger partial charge in [-0.1, -0.05) is 6.92 Å². The van der Waals surface area contributed by atoms with Crippen molar-refractivity contribution in [2.75, 3.05) is 5.73 Å². The summed E-state index contributed by atoms with van der Waals surface area (Å²) in [6.45, 7) is 2.03. The van der Waals surface area contributed by atoms with E-state index < -0.39 is 0 Å². The summed E-state index contributed by atoms with van der Waals surface area (Å²) in [6, 6.07) is 3.68. The minimum absolute atomic E-state index is 0.456. The van der Waals surface area contributed by atoms with Crippen molar-refractivity contribution < 1.29 is 0 Å². The molecule has 0 bridgehead atoms. The highest BCUT2D eigenvalue weighted by Gasteiger charge is 2.12. The van der Waals surface area contributed by atoms with Crippen molar-refractivity contribution in [3.05, 3.63) is 30.2 Å². The Labute approximate surface area is 103 Å². The largest absolute Gasteiger partial charge is 0.383 e. The fraction of sp³-hybridized carbons (Fsp3) is 0.167. The van der Waals surface area contributed by atoms with Gasteiger partial charge in [0.1, 0.15) is 5.82 Å². The van der Waals surface area contributed by atoms with Crippen LogP contribution in [-0.2, 0) is 6.42 Å². The van der Waals surface area contributed by atoms with Gasteiger partial charge in [0.15, 0.2) is 11.5 Å². The lowest BCUT2D eigenvalue weighted by atomic mass is 10.2. The van der Waals surface area contributed by atoms with Crippen LogP contribution < -0.4 is 5.73 Å². The van der Waals surface area contributed by atoms with Gasteiger partial charge < -0.3 is 5.73 Å². The van der Waals surface area contributed by atoms with E-state index in [2.05, 4.69) is 25.1 Å². The van der Waals surface area contributed by atoms with Crippen molar-refractivity contribution in [2.45, 2.75) is 13.3 Å². The molecular weight excluding hydrogens is 228 g/mol. The Hall–Kier alpha value is -2.50. The summed E-state index contributed by atoms with van der Waals surface area (Å²) < 4.78 is 0. The SMILES string of the molecule is CCc1[nH]nc2nc(-c3ccncc3)nc(N)c12. The average molecular weight is 240 g/mol. The smallest absolute Gasteiger partial charge is 0.186 e. The number of fused-ring (bicyclic) bond motifs is 1. The number of nitrogens with one attached hydrogen (secondary N) is 1. The zero-order valence-corrected chi connectivity index (χ0v) is 9.88. The van der Waals surface area contributed by atoms with E-state index in [4.69, 9.17) is 5.73 Å². The van der Waals surface area contributed by atoms with Crippen LogP contribution >= 0.6 is 0 Å². The molecule has 90 valence electrons. The molecule has 0 amide bonds. The molecule has 3 aromatic heterocycles. The van der Waals surface area contributed by atoms with Crippen LogP contribution in [0.5, 0.6) is 0 Å². The molecule has 0 radical (unpaired) electrons. The molecule has 0 atom stereocenters. The minimum Gasteiger partial charge on any atom is -0.383 e. The zero-order valence-electron chi connectivity index (χ0n) is 9.88.